The molecule has 2 rings (SSSR count). The van der Waals surface area contributed by atoms with Gasteiger partial charge < -0.3 is 10.2 Å². The minimum Gasteiger partial charge on any atom is -0.508 e. The van der Waals surface area contributed by atoms with E-state index in [-0.39, 0.29) is 22.6 Å². The van der Waals surface area contributed by atoms with Crippen molar-refractivity contribution in [2.75, 3.05) is 0 Å². The largest absolute Gasteiger partial charge is 0.508 e. The molecule has 0 aliphatic rings. The van der Waals surface area contributed by atoms with E-state index >= 15 is 0 Å². The summed E-state index contributed by atoms with van der Waals surface area (Å²) in [4.78, 5) is 12.2. The molecule has 0 saturated carbocycles. The Morgan fingerprint density at radius 3 is 2.32 bits per heavy atom. The summed E-state index contributed by atoms with van der Waals surface area (Å²) in [5, 5.41) is 19.3. The molecular formula is C15H13FO3. The minimum absolute atomic E-state index is 0.0457. The third-order valence-corrected chi connectivity index (χ3v) is 2.93. The molecule has 0 heterocycles. The van der Waals surface area contributed by atoms with Gasteiger partial charge in [0, 0.05) is 11.6 Å². The summed E-state index contributed by atoms with van der Waals surface area (Å²) >= 11 is 0. The van der Waals surface area contributed by atoms with Gasteiger partial charge in [-0.3, -0.25) is 4.79 Å². The third-order valence-electron chi connectivity index (χ3n) is 2.93. The van der Waals surface area contributed by atoms with Crippen molar-refractivity contribution < 1.29 is 19.4 Å². The maximum Gasteiger partial charge on any atom is 0.196 e. The number of carbonyl (C=O) groups excluding carboxylic acids is 1. The molecule has 0 fully saturated rings. The molecule has 0 radical (unpaired) electrons. The first-order chi connectivity index (χ1) is 9.02. The zero-order chi connectivity index (χ0) is 14.0. The Bertz CT molecular complexity index is 618. The number of carbonyl (C=O) groups is 1. The lowest BCUT2D eigenvalue weighted by Gasteiger charge is -2.08. The number of aromatic hydroxyl groups is 2. The van der Waals surface area contributed by atoms with Gasteiger partial charge in [0.05, 0.1) is 5.56 Å². The molecule has 0 unspecified atom stereocenters. The molecule has 0 saturated heterocycles. The molecule has 2 aromatic rings. The molecule has 3 nitrogen and oxygen atoms in total. The van der Waals surface area contributed by atoms with E-state index in [2.05, 4.69) is 0 Å². The standard InChI is InChI=1S/C15H13FO3/c1-2-9-7-12(14(18)8-13(9)17)15(19)10-3-5-11(16)6-4-10/h3-8,17-18H,2H2,1H3. The molecule has 2 aromatic carbocycles. The number of rotatable bonds is 3. The fraction of sp³-hybridized carbons (Fsp3) is 0.133. The average Bonchev–Trinajstić information content (AvgIpc) is 2.39. The highest BCUT2D eigenvalue weighted by molar-refractivity contribution is 6.10. The molecular weight excluding hydrogens is 247 g/mol. The van der Waals surface area contributed by atoms with Gasteiger partial charge >= 0.3 is 0 Å². The maximum atomic E-state index is 12.8. The second-order valence-corrected chi connectivity index (χ2v) is 4.19. The lowest BCUT2D eigenvalue weighted by molar-refractivity contribution is 0.103. The zero-order valence-corrected chi connectivity index (χ0v) is 10.4. The van der Waals surface area contributed by atoms with E-state index in [1.807, 2.05) is 6.92 Å². The highest BCUT2D eigenvalue weighted by Crippen LogP contribution is 2.29. The fourth-order valence-electron chi connectivity index (χ4n) is 1.84. The van der Waals surface area contributed by atoms with Gasteiger partial charge in [-0.05, 0) is 42.3 Å². The van der Waals surface area contributed by atoms with E-state index in [4.69, 9.17) is 0 Å². The van der Waals surface area contributed by atoms with Gasteiger partial charge in [-0.1, -0.05) is 6.92 Å². The molecule has 0 aromatic heterocycles. The normalized spacial score (nSPS) is 10.4. The SMILES string of the molecule is CCc1cc(C(=O)c2ccc(F)cc2)c(O)cc1O. The highest BCUT2D eigenvalue weighted by Gasteiger charge is 2.16. The Labute approximate surface area is 109 Å². The van der Waals surface area contributed by atoms with Crippen LogP contribution in [0.3, 0.4) is 0 Å². The summed E-state index contributed by atoms with van der Waals surface area (Å²) in [5.41, 5.74) is 0.953. The van der Waals surface area contributed by atoms with Crippen molar-refractivity contribution in [2.24, 2.45) is 0 Å². The first-order valence-electron chi connectivity index (χ1n) is 5.88. The van der Waals surface area contributed by atoms with Crippen molar-refractivity contribution in [3.63, 3.8) is 0 Å². The topological polar surface area (TPSA) is 57.5 Å². The number of hydrogen-bond acceptors (Lipinski definition) is 3. The van der Waals surface area contributed by atoms with Crippen LogP contribution in [0.1, 0.15) is 28.4 Å². The van der Waals surface area contributed by atoms with E-state index in [9.17, 15) is 19.4 Å². The van der Waals surface area contributed by atoms with Gasteiger partial charge in [0.2, 0.25) is 0 Å². The van der Waals surface area contributed by atoms with Crippen LogP contribution in [-0.4, -0.2) is 16.0 Å². The Kier molecular flexibility index (Phi) is 3.51. The number of phenols is 2. The van der Waals surface area contributed by atoms with E-state index in [1.165, 1.54) is 30.3 Å². The van der Waals surface area contributed by atoms with Crippen LogP contribution in [0.15, 0.2) is 36.4 Å². The van der Waals surface area contributed by atoms with E-state index in [1.54, 1.807) is 0 Å². The van der Waals surface area contributed by atoms with Crippen molar-refractivity contribution in [2.45, 2.75) is 13.3 Å². The van der Waals surface area contributed by atoms with E-state index in [0.717, 1.165) is 6.07 Å². The molecule has 19 heavy (non-hydrogen) atoms. The Hall–Kier alpha value is -2.36. The highest BCUT2D eigenvalue weighted by atomic mass is 19.1. The molecule has 0 spiro atoms. The average molecular weight is 260 g/mol. The monoisotopic (exact) mass is 260 g/mol. The van der Waals surface area contributed by atoms with Crippen LogP contribution >= 0.6 is 0 Å². The van der Waals surface area contributed by atoms with Gasteiger partial charge in [-0.15, -0.1) is 0 Å². The van der Waals surface area contributed by atoms with Crippen molar-refractivity contribution in [1.82, 2.24) is 0 Å². The summed E-state index contributed by atoms with van der Waals surface area (Å²) in [6.07, 6.45) is 0.538. The summed E-state index contributed by atoms with van der Waals surface area (Å²) in [7, 11) is 0. The molecule has 4 heteroatoms. The summed E-state index contributed by atoms with van der Waals surface area (Å²) in [6, 6.07) is 7.69. The van der Waals surface area contributed by atoms with Gasteiger partial charge in [0.15, 0.2) is 5.78 Å². The van der Waals surface area contributed by atoms with Gasteiger partial charge in [-0.25, -0.2) is 4.39 Å². The predicted molar refractivity (Wildman–Crippen MR) is 69.0 cm³/mol. The van der Waals surface area contributed by atoms with E-state index in [0.29, 0.717) is 12.0 Å². The second kappa shape index (κ2) is 5.10. The zero-order valence-electron chi connectivity index (χ0n) is 10.4. The van der Waals surface area contributed by atoms with Crippen LogP contribution in [0.25, 0.3) is 0 Å². The quantitative estimate of drug-likeness (QED) is 0.834. The van der Waals surface area contributed by atoms with E-state index < -0.39 is 11.6 Å². The first kappa shape index (κ1) is 13.1. The molecule has 0 atom stereocenters. The number of hydrogen-bond donors (Lipinski definition) is 2. The van der Waals surface area contributed by atoms with Crippen LogP contribution in [0.4, 0.5) is 4.39 Å². The predicted octanol–water partition coefficient (Wildman–Crippen LogP) is 3.03. The van der Waals surface area contributed by atoms with Crippen molar-refractivity contribution in [3.8, 4) is 11.5 Å². The van der Waals surface area contributed by atoms with Crippen LogP contribution in [-0.2, 0) is 6.42 Å². The summed E-state index contributed by atoms with van der Waals surface area (Å²) in [6.45, 7) is 1.83. The lowest BCUT2D eigenvalue weighted by atomic mass is 9.99. The molecule has 0 amide bonds. The Morgan fingerprint density at radius 2 is 1.74 bits per heavy atom. The minimum atomic E-state index is -0.430. The van der Waals surface area contributed by atoms with Crippen molar-refractivity contribution in [1.29, 1.82) is 0 Å². The summed E-state index contributed by atoms with van der Waals surface area (Å²) < 4.78 is 12.8. The molecule has 0 bridgehead atoms. The molecule has 0 aliphatic carbocycles. The Balaban J connectivity index is 2.46. The first-order valence-corrected chi connectivity index (χ1v) is 5.88. The lowest BCUT2D eigenvalue weighted by Crippen LogP contribution is -2.03. The smallest absolute Gasteiger partial charge is 0.196 e. The third kappa shape index (κ3) is 2.57. The molecule has 0 aliphatic heterocycles. The number of phenolic OH excluding ortho intramolecular Hbond substituents is 2. The number of ketones is 1. The Morgan fingerprint density at radius 1 is 1.11 bits per heavy atom. The van der Waals surface area contributed by atoms with Crippen LogP contribution in [0.5, 0.6) is 11.5 Å². The summed E-state index contributed by atoms with van der Waals surface area (Å²) in [5.74, 6) is -1.17. The van der Waals surface area contributed by atoms with Gasteiger partial charge in [0.1, 0.15) is 17.3 Å². The van der Waals surface area contributed by atoms with Crippen LogP contribution in [0, 0.1) is 5.82 Å². The van der Waals surface area contributed by atoms with Crippen LogP contribution in [0.2, 0.25) is 0 Å². The van der Waals surface area contributed by atoms with Gasteiger partial charge in [0.25, 0.3) is 0 Å². The van der Waals surface area contributed by atoms with Crippen molar-refractivity contribution in [3.05, 3.63) is 58.9 Å². The fourth-order valence-corrected chi connectivity index (χ4v) is 1.84. The molecule has 2 N–H and O–H groups in total. The van der Waals surface area contributed by atoms with Crippen LogP contribution < -0.4 is 0 Å². The second-order valence-electron chi connectivity index (χ2n) is 4.19. The van der Waals surface area contributed by atoms with Crippen molar-refractivity contribution >= 4 is 5.78 Å². The number of halogens is 1. The maximum absolute atomic E-state index is 12.8. The van der Waals surface area contributed by atoms with Gasteiger partial charge in [-0.2, -0.15) is 0 Å². The number of aryl methyl sites for hydroxylation is 1. The molecule has 98 valence electrons. The number of benzene rings is 2.